The molecule has 2 aromatic carbocycles. The lowest BCUT2D eigenvalue weighted by molar-refractivity contribution is -0.118. The minimum absolute atomic E-state index is 0.00542. The number of thioether (sulfide) groups is 1. The van der Waals surface area contributed by atoms with Crippen LogP contribution in [0.25, 0.3) is 0 Å². The first-order valence-corrected chi connectivity index (χ1v) is 16.8. The van der Waals surface area contributed by atoms with Crippen molar-refractivity contribution in [2.45, 2.75) is 47.8 Å². The highest BCUT2D eigenvalue weighted by Gasteiger charge is 2.41. The predicted molar refractivity (Wildman–Crippen MR) is 164 cm³/mol. The fourth-order valence-corrected chi connectivity index (χ4v) is 7.44. The zero-order valence-corrected chi connectivity index (χ0v) is 25.7. The van der Waals surface area contributed by atoms with Crippen LogP contribution in [-0.4, -0.2) is 42.6 Å². The molecule has 2 heterocycles. The zero-order valence-electron chi connectivity index (χ0n) is 23.2. The van der Waals surface area contributed by atoms with Crippen LogP contribution in [0.4, 0.5) is 5.13 Å². The number of aromatic nitrogens is 2. The van der Waals surface area contributed by atoms with Crippen molar-refractivity contribution in [3.05, 3.63) is 87.9 Å². The van der Waals surface area contributed by atoms with Crippen LogP contribution in [0, 0.1) is 18.3 Å². The van der Waals surface area contributed by atoms with Gasteiger partial charge in [-0.3, -0.25) is 14.5 Å². The highest BCUT2D eigenvalue weighted by atomic mass is 32.2. The molecule has 0 saturated carbocycles. The number of ketones is 1. The van der Waals surface area contributed by atoms with Gasteiger partial charge in [0.25, 0.3) is 0 Å². The van der Waals surface area contributed by atoms with Gasteiger partial charge in [-0.25, -0.2) is 13.6 Å². The van der Waals surface area contributed by atoms with E-state index in [9.17, 15) is 23.3 Å². The second-order valence-corrected chi connectivity index (χ2v) is 13.9. The summed E-state index contributed by atoms with van der Waals surface area (Å²) >= 11 is 2.46. The third-order valence-electron chi connectivity index (χ3n) is 7.19. The number of carbonyl (C=O) groups excluding carboxylic acids is 2. The molecule has 1 aromatic heterocycles. The first-order chi connectivity index (χ1) is 20.6. The minimum Gasteiger partial charge on any atom is -0.384 e. The second-order valence-electron chi connectivity index (χ2n) is 10.2. The summed E-state index contributed by atoms with van der Waals surface area (Å²) in [5.74, 6) is -0.411. The van der Waals surface area contributed by atoms with Gasteiger partial charge >= 0.3 is 0 Å². The number of primary sulfonamides is 1. The molecule has 0 bridgehead atoms. The number of amides is 1. The van der Waals surface area contributed by atoms with Gasteiger partial charge in [-0.2, -0.15) is 5.26 Å². The third kappa shape index (κ3) is 6.65. The Morgan fingerprint density at radius 2 is 1.98 bits per heavy atom. The van der Waals surface area contributed by atoms with Gasteiger partial charge in [-0.15, -0.1) is 10.2 Å². The van der Waals surface area contributed by atoms with E-state index in [4.69, 9.17) is 10.9 Å². The van der Waals surface area contributed by atoms with Crippen LogP contribution in [0.3, 0.4) is 0 Å². The molecule has 14 heteroatoms. The van der Waals surface area contributed by atoms with E-state index in [-0.39, 0.29) is 28.2 Å². The number of aryl methyl sites for hydroxylation is 1. The van der Waals surface area contributed by atoms with Crippen molar-refractivity contribution in [2.24, 2.45) is 10.9 Å². The largest absolute Gasteiger partial charge is 0.384 e. The number of allylic oxidation sites excluding steroid dienone is 3. The van der Waals surface area contributed by atoms with Crippen LogP contribution < -0.4 is 21.1 Å². The highest BCUT2D eigenvalue weighted by Crippen LogP contribution is 2.47. The van der Waals surface area contributed by atoms with Crippen LogP contribution >= 0.6 is 23.1 Å². The van der Waals surface area contributed by atoms with E-state index in [0.29, 0.717) is 52.8 Å². The smallest absolute Gasteiger partial charge is 0.238 e. The van der Waals surface area contributed by atoms with Crippen LogP contribution in [0.1, 0.15) is 41.9 Å². The lowest BCUT2D eigenvalue weighted by Crippen LogP contribution is -2.38. The molecule has 222 valence electrons. The van der Waals surface area contributed by atoms with E-state index in [1.807, 2.05) is 31.2 Å². The normalized spacial score (nSPS) is 17.1. The van der Waals surface area contributed by atoms with E-state index in [1.165, 1.54) is 35.2 Å². The number of benzene rings is 2. The Kier molecular flexibility index (Phi) is 8.97. The molecule has 5 N–H and O–H groups in total. The van der Waals surface area contributed by atoms with Crippen LogP contribution in [0.15, 0.2) is 80.4 Å². The van der Waals surface area contributed by atoms with Gasteiger partial charge in [0.05, 0.1) is 28.2 Å². The number of hydrogen-bond donors (Lipinski definition) is 3. The number of carbonyl (C=O) groups is 2. The van der Waals surface area contributed by atoms with Crippen LogP contribution in [0.2, 0.25) is 0 Å². The molecule has 3 aromatic rings. The molecule has 0 spiro atoms. The number of sulfonamides is 1. The average molecular weight is 636 g/mol. The molecule has 43 heavy (non-hydrogen) atoms. The van der Waals surface area contributed by atoms with Gasteiger partial charge in [0, 0.05) is 24.2 Å². The number of rotatable bonds is 9. The summed E-state index contributed by atoms with van der Waals surface area (Å²) < 4.78 is 23.3. The molecule has 0 radical (unpaired) electrons. The molecule has 1 unspecified atom stereocenters. The highest BCUT2D eigenvalue weighted by molar-refractivity contribution is 8.01. The summed E-state index contributed by atoms with van der Waals surface area (Å²) in [5, 5.41) is 27.1. The van der Waals surface area contributed by atoms with Crippen molar-refractivity contribution in [3.8, 4) is 6.07 Å². The lowest BCUT2D eigenvalue weighted by atomic mass is 9.75. The maximum Gasteiger partial charge on any atom is 0.238 e. The summed E-state index contributed by atoms with van der Waals surface area (Å²) in [6.07, 6.45) is 2.20. The third-order valence-corrected chi connectivity index (χ3v) is 10.2. The van der Waals surface area contributed by atoms with Crippen molar-refractivity contribution >= 4 is 49.9 Å². The summed E-state index contributed by atoms with van der Waals surface area (Å²) in [7, 11) is -3.75. The molecular weight excluding hydrogens is 607 g/mol. The van der Waals surface area contributed by atoms with Crippen molar-refractivity contribution in [2.75, 3.05) is 17.2 Å². The van der Waals surface area contributed by atoms with Crippen LogP contribution in [-0.2, 0) is 26.0 Å². The standard InChI is InChI=1S/C29H29N7O4S3/c1-17-4-2-5-19(14-17)25-21(15-30)27(31)36(22-6-3-7-23(37)26(22)25)28-34-35-29(42-28)41-16-24(38)33-13-12-18-8-10-20(11-9-18)43(32,39)40/h2,4-5,8-11,14,25H,3,6-7,12-13,16,31H2,1H3,(H,33,38)(H2,32,39,40). The first-order valence-electron chi connectivity index (χ1n) is 13.4. The quantitative estimate of drug-likeness (QED) is 0.295. The zero-order chi connectivity index (χ0) is 30.7. The van der Waals surface area contributed by atoms with Gasteiger partial charge in [0.15, 0.2) is 10.1 Å². The SMILES string of the molecule is Cc1cccc(C2C(C#N)=C(N)N(c3nnc(SCC(=O)NCCc4ccc(S(N)(=O)=O)cc4)s3)C3=C2C(=O)CCC3)c1. The molecule has 2 aliphatic rings. The second kappa shape index (κ2) is 12.7. The summed E-state index contributed by atoms with van der Waals surface area (Å²) in [6, 6.07) is 16.2. The molecule has 0 saturated heterocycles. The van der Waals surface area contributed by atoms with Gasteiger partial charge in [0.1, 0.15) is 5.82 Å². The Hall–Kier alpha value is -4.03. The average Bonchev–Trinajstić information content (AvgIpc) is 3.44. The molecule has 11 nitrogen and oxygen atoms in total. The van der Waals surface area contributed by atoms with Gasteiger partial charge < -0.3 is 11.1 Å². The summed E-state index contributed by atoms with van der Waals surface area (Å²) in [4.78, 5) is 27.5. The molecule has 5 rings (SSSR count). The Morgan fingerprint density at radius 1 is 1.21 bits per heavy atom. The van der Waals surface area contributed by atoms with E-state index in [1.54, 1.807) is 17.0 Å². The number of anilines is 1. The monoisotopic (exact) mass is 635 g/mol. The van der Waals surface area contributed by atoms with E-state index >= 15 is 0 Å². The molecular formula is C29H29N7O4S3. The molecule has 0 fully saturated rings. The Bertz CT molecular complexity index is 1790. The maximum absolute atomic E-state index is 13.3. The fourth-order valence-electron chi connectivity index (χ4n) is 5.21. The van der Waals surface area contributed by atoms with Crippen molar-refractivity contribution < 1.29 is 18.0 Å². The number of nitrogens with zero attached hydrogens (tertiary/aromatic N) is 4. The predicted octanol–water partition coefficient (Wildman–Crippen LogP) is 3.25. The summed E-state index contributed by atoms with van der Waals surface area (Å²) in [5.41, 5.74) is 11.0. The van der Waals surface area contributed by atoms with Gasteiger partial charge in [0.2, 0.25) is 21.1 Å². The molecule has 1 amide bonds. The van der Waals surface area contributed by atoms with E-state index in [0.717, 1.165) is 22.4 Å². The Labute approximate surface area is 257 Å². The van der Waals surface area contributed by atoms with Crippen molar-refractivity contribution in [3.63, 3.8) is 0 Å². The van der Waals surface area contributed by atoms with Crippen LogP contribution in [0.5, 0.6) is 0 Å². The molecule has 1 aliphatic carbocycles. The Balaban J connectivity index is 1.27. The van der Waals surface area contributed by atoms with E-state index in [2.05, 4.69) is 21.6 Å². The summed E-state index contributed by atoms with van der Waals surface area (Å²) in [6.45, 7) is 2.34. The molecule has 1 atom stereocenters. The number of nitriles is 1. The number of nitrogens with one attached hydrogen (secondary N) is 1. The Morgan fingerprint density at radius 3 is 2.67 bits per heavy atom. The number of Topliss-reactive ketones (excluding diaryl/α,β-unsaturated/α-hetero) is 1. The van der Waals surface area contributed by atoms with Gasteiger partial charge in [-0.05, 0) is 49.4 Å². The van der Waals surface area contributed by atoms with Gasteiger partial charge in [-0.1, -0.05) is 65.1 Å². The van der Waals surface area contributed by atoms with Crippen molar-refractivity contribution in [1.29, 1.82) is 5.26 Å². The maximum atomic E-state index is 13.3. The lowest BCUT2D eigenvalue weighted by Gasteiger charge is -2.38. The fraction of sp³-hybridized carbons (Fsp3) is 0.276. The molecule has 1 aliphatic heterocycles. The topological polar surface area (TPSA) is 185 Å². The minimum atomic E-state index is -3.75. The van der Waals surface area contributed by atoms with Crippen molar-refractivity contribution in [1.82, 2.24) is 15.5 Å². The number of nitrogens with two attached hydrogens (primary N) is 2. The number of hydrogen-bond acceptors (Lipinski definition) is 11. The van der Waals surface area contributed by atoms with E-state index < -0.39 is 15.9 Å². The first kappa shape index (κ1) is 30.4.